The second-order valence-electron chi connectivity index (χ2n) is 4.64. The molecule has 1 aromatic carbocycles. The Kier molecular flexibility index (Phi) is 2.71. The molecule has 1 fully saturated rings. The second kappa shape index (κ2) is 4.25. The first-order valence-corrected chi connectivity index (χ1v) is 6.89. The molecule has 1 aromatic heterocycles. The van der Waals surface area contributed by atoms with Crippen molar-refractivity contribution in [3.63, 3.8) is 0 Å². The first-order valence-electron chi connectivity index (χ1n) is 5.95. The van der Waals surface area contributed by atoms with Crippen molar-refractivity contribution in [2.24, 2.45) is 0 Å². The summed E-state index contributed by atoms with van der Waals surface area (Å²) in [6.45, 7) is 0. The van der Waals surface area contributed by atoms with Crippen molar-refractivity contribution in [1.82, 2.24) is 0 Å². The van der Waals surface area contributed by atoms with Gasteiger partial charge < -0.3 is 4.74 Å². The fourth-order valence-electron chi connectivity index (χ4n) is 2.71. The normalized spacial score (nSPS) is 25.7. The molecule has 1 saturated carbocycles. The van der Waals surface area contributed by atoms with Crippen LogP contribution in [0.15, 0.2) is 47.2 Å². The average Bonchev–Trinajstić information content (AvgIpc) is 2.95. The van der Waals surface area contributed by atoms with Crippen molar-refractivity contribution in [2.45, 2.75) is 17.8 Å². The van der Waals surface area contributed by atoms with E-state index in [1.807, 2.05) is 29.6 Å². The first-order chi connectivity index (χ1) is 8.79. The molecule has 3 heteroatoms. The molecule has 0 radical (unpaired) electrons. The number of thiophene rings is 1. The molecular formula is C15H14O2S. The summed E-state index contributed by atoms with van der Waals surface area (Å²) >= 11 is 1.62. The smallest absolute Gasteiger partial charge is 0.316 e. The molecule has 0 saturated heterocycles. The Hall–Kier alpha value is -1.61. The Morgan fingerprint density at radius 1 is 1.33 bits per heavy atom. The molecule has 2 aromatic rings. The van der Waals surface area contributed by atoms with Gasteiger partial charge in [-0.3, -0.25) is 4.79 Å². The van der Waals surface area contributed by atoms with E-state index < -0.39 is 5.41 Å². The summed E-state index contributed by atoms with van der Waals surface area (Å²) in [5, 5.41) is 4.07. The third kappa shape index (κ3) is 1.58. The predicted octanol–water partition coefficient (Wildman–Crippen LogP) is 3.35. The monoisotopic (exact) mass is 258 g/mol. The van der Waals surface area contributed by atoms with Crippen LogP contribution < -0.4 is 0 Å². The molecule has 92 valence electrons. The van der Waals surface area contributed by atoms with Gasteiger partial charge in [0, 0.05) is 5.92 Å². The minimum atomic E-state index is -0.448. The minimum absolute atomic E-state index is 0.116. The minimum Gasteiger partial charge on any atom is -0.468 e. The molecule has 0 unspecified atom stereocenters. The standard InChI is InChI=1S/C15H14O2S/c1-17-14(16)15(12-7-8-18-10-12)9-13(15)11-5-3-2-4-6-11/h2-8,10,13H,9H2,1H3/t13-,15-/m0/s1. The zero-order chi connectivity index (χ0) is 12.6. The maximum atomic E-state index is 12.2. The van der Waals surface area contributed by atoms with E-state index in [1.165, 1.54) is 12.7 Å². The van der Waals surface area contributed by atoms with Gasteiger partial charge in [0.1, 0.15) is 5.41 Å². The first kappa shape index (κ1) is 11.5. The van der Waals surface area contributed by atoms with E-state index in [1.54, 1.807) is 11.3 Å². The predicted molar refractivity (Wildman–Crippen MR) is 71.8 cm³/mol. The number of carbonyl (C=O) groups is 1. The quantitative estimate of drug-likeness (QED) is 0.789. The fraction of sp³-hybridized carbons (Fsp3) is 0.267. The highest BCUT2D eigenvalue weighted by Crippen LogP contribution is 2.61. The van der Waals surface area contributed by atoms with Crippen LogP contribution in [-0.2, 0) is 14.9 Å². The van der Waals surface area contributed by atoms with E-state index in [4.69, 9.17) is 4.74 Å². The molecule has 1 aliphatic rings. The number of hydrogen-bond acceptors (Lipinski definition) is 3. The Labute approximate surface area is 110 Å². The van der Waals surface area contributed by atoms with Gasteiger partial charge in [0.2, 0.25) is 0 Å². The largest absolute Gasteiger partial charge is 0.468 e. The van der Waals surface area contributed by atoms with E-state index in [2.05, 4.69) is 17.5 Å². The number of ether oxygens (including phenoxy) is 1. The summed E-state index contributed by atoms with van der Waals surface area (Å²) in [5.41, 5.74) is 1.86. The SMILES string of the molecule is COC(=O)[C@]1(c2ccsc2)C[C@H]1c1ccccc1. The van der Waals surface area contributed by atoms with Gasteiger partial charge in [0.25, 0.3) is 0 Å². The number of benzene rings is 1. The third-order valence-electron chi connectivity index (χ3n) is 3.75. The van der Waals surface area contributed by atoms with Crippen molar-refractivity contribution in [1.29, 1.82) is 0 Å². The molecule has 2 nitrogen and oxygen atoms in total. The van der Waals surface area contributed by atoms with Crippen LogP contribution in [0.4, 0.5) is 0 Å². The molecule has 3 rings (SSSR count). The lowest BCUT2D eigenvalue weighted by atomic mass is 9.93. The molecule has 0 bridgehead atoms. The maximum absolute atomic E-state index is 12.2. The summed E-state index contributed by atoms with van der Waals surface area (Å²) in [7, 11) is 1.47. The summed E-state index contributed by atoms with van der Waals surface area (Å²) < 4.78 is 5.02. The van der Waals surface area contributed by atoms with Crippen molar-refractivity contribution in [2.75, 3.05) is 7.11 Å². The van der Waals surface area contributed by atoms with Crippen LogP contribution in [0.2, 0.25) is 0 Å². The van der Waals surface area contributed by atoms with Crippen molar-refractivity contribution >= 4 is 17.3 Å². The van der Waals surface area contributed by atoms with E-state index in [-0.39, 0.29) is 11.9 Å². The van der Waals surface area contributed by atoms with E-state index in [9.17, 15) is 4.79 Å². The molecule has 2 atom stereocenters. The average molecular weight is 258 g/mol. The topological polar surface area (TPSA) is 26.3 Å². The van der Waals surface area contributed by atoms with Crippen LogP contribution in [0.5, 0.6) is 0 Å². The molecule has 18 heavy (non-hydrogen) atoms. The maximum Gasteiger partial charge on any atom is 0.316 e. The zero-order valence-electron chi connectivity index (χ0n) is 10.1. The zero-order valence-corrected chi connectivity index (χ0v) is 10.9. The number of esters is 1. The van der Waals surface area contributed by atoms with Crippen molar-refractivity contribution in [3.8, 4) is 0 Å². The van der Waals surface area contributed by atoms with Gasteiger partial charge in [-0.15, -0.1) is 0 Å². The van der Waals surface area contributed by atoms with Crippen LogP contribution in [0.3, 0.4) is 0 Å². The highest BCUT2D eigenvalue weighted by Gasteiger charge is 2.62. The molecule has 0 spiro atoms. The van der Waals surface area contributed by atoms with Gasteiger partial charge >= 0.3 is 5.97 Å². The number of rotatable bonds is 3. The van der Waals surface area contributed by atoms with Gasteiger partial charge in [-0.05, 0) is 34.4 Å². The third-order valence-corrected chi connectivity index (χ3v) is 4.43. The van der Waals surface area contributed by atoms with Gasteiger partial charge in [0.15, 0.2) is 0 Å². The molecular weight excluding hydrogens is 244 g/mol. The van der Waals surface area contributed by atoms with E-state index >= 15 is 0 Å². The fourth-order valence-corrected chi connectivity index (χ4v) is 3.45. The Balaban J connectivity index is 1.99. The van der Waals surface area contributed by atoms with Crippen LogP contribution in [-0.4, -0.2) is 13.1 Å². The van der Waals surface area contributed by atoms with Crippen molar-refractivity contribution in [3.05, 3.63) is 58.3 Å². The van der Waals surface area contributed by atoms with Gasteiger partial charge in [-0.25, -0.2) is 0 Å². The highest BCUT2D eigenvalue weighted by molar-refractivity contribution is 7.08. The van der Waals surface area contributed by atoms with Crippen LogP contribution >= 0.6 is 11.3 Å². The molecule has 1 aliphatic carbocycles. The summed E-state index contributed by atoms with van der Waals surface area (Å²) in [5.74, 6) is 0.135. The van der Waals surface area contributed by atoms with Crippen LogP contribution in [0.1, 0.15) is 23.5 Å². The molecule has 1 heterocycles. The summed E-state index contributed by atoms with van der Waals surface area (Å²) in [6.07, 6.45) is 0.848. The summed E-state index contributed by atoms with van der Waals surface area (Å²) in [4.78, 5) is 12.2. The van der Waals surface area contributed by atoms with Crippen molar-refractivity contribution < 1.29 is 9.53 Å². The van der Waals surface area contributed by atoms with Gasteiger partial charge in [-0.1, -0.05) is 30.3 Å². The molecule has 0 N–H and O–H groups in total. The lowest BCUT2D eigenvalue weighted by Crippen LogP contribution is -2.23. The van der Waals surface area contributed by atoms with Crippen LogP contribution in [0, 0.1) is 0 Å². The lowest BCUT2D eigenvalue weighted by molar-refractivity contribution is -0.143. The van der Waals surface area contributed by atoms with Crippen LogP contribution in [0.25, 0.3) is 0 Å². The molecule has 0 amide bonds. The van der Waals surface area contributed by atoms with Gasteiger partial charge in [0.05, 0.1) is 7.11 Å². The number of hydrogen-bond donors (Lipinski definition) is 0. The second-order valence-corrected chi connectivity index (χ2v) is 5.42. The number of carbonyl (C=O) groups excluding carboxylic acids is 1. The van der Waals surface area contributed by atoms with E-state index in [0.29, 0.717) is 0 Å². The van der Waals surface area contributed by atoms with Gasteiger partial charge in [-0.2, -0.15) is 11.3 Å². The Bertz CT molecular complexity index is 547. The Morgan fingerprint density at radius 3 is 2.72 bits per heavy atom. The lowest BCUT2D eigenvalue weighted by Gasteiger charge is -2.13. The van der Waals surface area contributed by atoms with E-state index in [0.717, 1.165) is 12.0 Å². The molecule has 0 aliphatic heterocycles. The highest BCUT2D eigenvalue weighted by atomic mass is 32.1. The Morgan fingerprint density at radius 2 is 2.11 bits per heavy atom. The summed E-state index contributed by atoms with van der Waals surface area (Å²) in [6, 6.07) is 12.2. The number of methoxy groups -OCH3 is 1.